The summed E-state index contributed by atoms with van der Waals surface area (Å²) >= 11 is 0. The van der Waals surface area contributed by atoms with E-state index in [1.54, 1.807) is 6.08 Å². The molecule has 214 valence electrons. The molecule has 8 N–H and O–H groups in total. The van der Waals surface area contributed by atoms with Crippen LogP contribution in [0.5, 0.6) is 0 Å². The molecule has 33 heavy (non-hydrogen) atoms. The molecule has 0 atom stereocenters. The largest absolute Gasteiger partial charge is 0.405 e. The Morgan fingerprint density at radius 2 is 0.818 bits per heavy atom. The highest BCUT2D eigenvalue weighted by atomic mass is 16.5. The maximum absolute atomic E-state index is 5.80. The van der Waals surface area contributed by atoms with Crippen LogP contribution in [0.2, 0.25) is 0 Å². The summed E-state index contributed by atoms with van der Waals surface area (Å²) < 4.78 is 23.1. The van der Waals surface area contributed by atoms with Crippen molar-refractivity contribution in [3.8, 4) is 0 Å². The Kier molecular flexibility index (Phi) is 79.2. The lowest BCUT2D eigenvalue weighted by Gasteiger charge is -2.33. The van der Waals surface area contributed by atoms with E-state index in [1.807, 2.05) is 0 Å². The third-order valence-corrected chi connectivity index (χ3v) is 3.46. The molecule has 0 saturated carbocycles. The normalized spacial score (nSPS) is 9.30. The molecule has 8 heteroatoms. The van der Waals surface area contributed by atoms with Gasteiger partial charge in [-0.25, -0.2) is 0 Å². The van der Waals surface area contributed by atoms with Crippen LogP contribution in [-0.4, -0.2) is 72.5 Å². The van der Waals surface area contributed by atoms with Crippen molar-refractivity contribution in [3.63, 3.8) is 0 Å². The molecule has 0 radical (unpaired) electrons. The second-order valence-electron chi connectivity index (χ2n) is 6.03. The van der Waals surface area contributed by atoms with Gasteiger partial charge in [-0.15, -0.1) is 0 Å². The Morgan fingerprint density at radius 1 is 0.515 bits per heavy atom. The zero-order valence-electron chi connectivity index (χ0n) is 15.5. The highest BCUT2D eigenvalue weighted by Crippen LogP contribution is 2.21. The molecular formula is C25H70N4O4. The van der Waals surface area contributed by atoms with Gasteiger partial charge in [0.15, 0.2) is 0 Å². The standard InChI is InChI=1S/C17H38N4O4.8CH4/c18-5-1-9-22-13-17(14-23-10-2-6-19,15-24-11-3-7-20)16-25-12-4-8-21;;;;;;;;/h1,5H,2-4,6-16,18-21H2;8*1H4/b5-1+;;;;;;;;. The fourth-order valence-electron chi connectivity index (χ4n) is 2.07. The first-order chi connectivity index (χ1) is 12.2. The minimum absolute atomic E-state index is 0. The van der Waals surface area contributed by atoms with Crippen LogP contribution in [0.4, 0.5) is 0 Å². The Bertz CT molecular complexity index is 279. The van der Waals surface area contributed by atoms with Gasteiger partial charge in [-0.1, -0.05) is 59.4 Å². The van der Waals surface area contributed by atoms with E-state index >= 15 is 0 Å². The zero-order chi connectivity index (χ0) is 18.6. The Labute approximate surface area is 211 Å². The highest BCUT2D eigenvalue weighted by Gasteiger charge is 2.32. The van der Waals surface area contributed by atoms with E-state index in [-0.39, 0.29) is 64.8 Å². The van der Waals surface area contributed by atoms with Crippen LogP contribution in [0.3, 0.4) is 0 Å². The summed E-state index contributed by atoms with van der Waals surface area (Å²) in [5.41, 5.74) is 21.5. The van der Waals surface area contributed by atoms with E-state index in [2.05, 4.69) is 0 Å². The van der Waals surface area contributed by atoms with Crippen LogP contribution < -0.4 is 22.9 Å². The van der Waals surface area contributed by atoms with Crippen molar-refractivity contribution >= 4 is 0 Å². The molecule has 0 rings (SSSR count). The van der Waals surface area contributed by atoms with Gasteiger partial charge in [0.25, 0.3) is 0 Å². The van der Waals surface area contributed by atoms with Gasteiger partial charge in [-0.3, -0.25) is 0 Å². The topological polar surface area (TPSA) is 141 Å². The van der Waals surface area contributed by atoms with Gasteiger partial charge >= 0.3 is 0 Å². The Morgan fingerprint density at radius 3 is 1.09 bits per heavy atom. The first kappa shape index (κ1) is 58.3. The van der Waals surface area contributed by atoms with Crippen molar-refractivity contribution in [2.75, 3.05) is 72.5 Å². The predicted octanol–water partition coefficient (Wildman–Crippen LogP) is 4.65. The van der Waals surface area contributed by atoms with E-state index < -0.39 is 0 Å². The molecule has 0 aromatic heterocycles. The molecule has 0 heterocycles. The van der Waals surface area contributed by atoms with Crippen LogP contribution in [0.25, 0.3) is 0 Å². The summed E-state index contributed by atoms with van der Waals surface area (Å²) in [6, 6.07) is 0. The molecule has 0 aliphatic carbocycles. The van der Waals surface area contributed by atoms with Gasteiger partial charge in [-0.2, -0.15) is 0 Å². The number of hydrogen-bond acceptors (Lipinski definition) is 8. The van der Waals surface area contributed by atoms with E-state index in [1.165, 1.54) is 6.20 Å². The lowest BCUT2D eigenvalue weighted by molar-refractivity contribution is -0.104. The van der Waals surface area contributed by atoms with Crippen molar-refractivity contribution < 1.29 is 18.9 Å². The fraction of sp³-hybridized carbons (Fsp3) is 0.920. The summed E-state index contributed by atoms with van der Waals surface area (Å²) in [7, 11) is 0. The van der Waals surface area contributed by atoms with Crippen molar-refractivity contribution in [2.45, 2.75) is 78.7 Å². The minimum atomic E-state index is -0.389. The van der Waals surface area contributed by atoms with Crippen LogP contribution in [0.1, 0.15) is 78.7 Å². The maximum atomic E-state index is 5.80. The number of hydrogen-bond donors (Lipinski definition) is 4. The molecule has 0 bridgehead atoms. The molecule has 0 aliphatic rings. The van der Waals surface area contributed by atoms with Crippen LogP contribution in [-0.2, 0) is 18.9 Å². The van der Waals surface area contributed by atoms with E-state index in [0.717, 1.165) is 19.3 Å². The lowest BCUT2D eigenvalue weighted by Crippen LogP contribution is -2.42. The monoisotopic (exact) mass is 491 g/mol. The van der Waals surface area contributed by atoms with Crippen molar-refractivity contribution in [1.29, 1.82) is 0 Å². The maximum Gasteiger partial charge on any atom is 0.0664 e. The minimum Gasteiger partial charge on any atom is -0.405 e. The average Bonchev–Trinajstić information content (AvgIpc) is 2.63. The first-order valence-electron chi connectivity index (χ1n) is 9.02. The van der Waals surface area contributed by atoms with E-state index in [0.29, 0.717) is 72.5 Å². The fourth-order valence-corrected chi connectivity index (χ4v) is 2.07. The van der Waals surface area contributed by atoms with Gasteiger partial charge in [0.2, 0.25) is 0 Å². The van der Waals surface area contributed by atoms with E-state index in [9.17, 15) is 0 Å². The third kappa shape index (κ3) is 36.0. The molecule has 0 aromatic carbocycles. The zero-order valence-corrected chi connectivity index (χ0v) is 15.5. The SMILES string of the molecule is C.C.C.C.C.C.C.C.N/C=C/COCC(COCCCN)(COCCCN)COCCCN. The van der Waals surface area contributed by atoms with Crippen molar-refractivity contribution in [1.82, 2.24) is 0 Å². The van der Waals surface area contributed by atoms with Crippen LogP contribution in [0, 0.1) is 5.41 Å². The Balaban J connectivity index is -0.000000103. The summed E-state index contributed by atoms with van der Waals surface area (Å²) in [4.78, 5) is 0. The van der Waals surface area contributed by atoms with Crippen molar-refractivity contribution in [3.05, 3.63) is 12.3 Å². The number of rotatable bonds is 19. The number of ether oxygens (including phenoxy) is 4. The molecule has 8 nitrogen and oxygen atoms in total. The Hall–Kier alpha value is -0.740. The van der Waals surface area contributed by atoms with Crippen LogP contribution >= 0.6 is 0 Å². The third-order valence-electron chi connectivity index (χ3n) is 3.46. The van der Waals surface area contributed by atoms with Gasteiger partial charge in [0.1, 0.15) is 0 Å². The van der Waals surface area contributed by atoms with Crippen LogP contribution in [0.15, 0.2) is 12.3 Å². The molecule has 0 amide bonds. The summed E-state index contributed by atoms with van der Waals surface area (Å²) in [5, 5.41) is 0. The molecule has 0 fully saturated rings. The predicted molar refractivity (Wildman–Crippen MR) is 154 cm³/mol. The van der Waals surface area contributed by atoms with Gasteiger partial charge in [-0.05, 0) is 51.2 Å². The second-order valence-corrected chi connectivity index (χ2v) is 6.03. The van der Waals surface area contributed by atoms with Gasteiger partial charge in [0.05, 0.1) is 38.4 Å². The smallest absolute Gasteiger partial charge is 0.0664 e. The summed E-state index contributed by atoms with van der Waals surface area (Å²) in [6.45, 7) is 5.93. The van der Waals surface area contributed by atoms with E-state index in [4.69, 9.17) is 41.9 Å². The molecule has 0 aromatic rings. The lowest BCUT2D eigenvalue weighted by atomic mass is 9.92. The quantitative estimate of drug-likeness (QED) is 0.192. The van der Waals surface area contributed by atoms with Crippen molar-refractivity contribution in [2.24, 2.45) is 28.3 Å². The molecular weight excluding hydrogens is 420 g/mol. The summed E-state index contributed by atoms with van der Waals surface area (Å²) in [6.07, 6.45) is 5.66. The average molecular weight is 491 g/mol. The van der Waals surface area contributed by atoms with Gasteiger partial charge in [0, 0.05) is 19.8 Å². The molecule has 0 aliphatic heterocycles. The molecule has 0 spiro atoms. The highest BCUT2D eigenvalue weighted by molar-refractivity contribution is 4.81. The second kappa shape index (κ2) is 44.9. The summed E-state index contributed by atoms with van der Waals surface area (Å²) in [5.74, 6) is 0. The number of nitrogens with two attached hydrogens (primary N) is 4. The first-order valence-corrected chi connectivity index (χ1v) is 9.02. The molecule has 0 unspecified atom stereocenters. The molecule has 0 saturated heterocycles. The van der Waals surface area contributed by atoms with Gasteiger partial charge < -0.3 is 41.9 Å².